The quantitative estimate of drug-likeness (QED) is 0.861. The summed E-state index contributed by atoms with van der Waals surface area (Å²) < 4.78 is 0. The van der Waals surface area contributed by atoms with Gasteiger partial charge in [0.2, 0.25) is 5.91 Å². The van der Waals surface area contributed by atoms with E-state index in [0.29, 0.717) is 13.0 Å². The number of thiazole rings is 1. The zero-order valence-electron chi connectivity index (χ0n) is 12.4. The molecule has 3 N–H and O–H groups in total. The van der Waals surface area contributed by atoms with Crippen molar-refractivity contribution in [2.24, 2.45) is 5.73 Å². The highest BCUT2D eigenvalue weighted by molar-refractivity contribution is 7.13. The molecule has 5 heteroatoms. The number of carbonyl (C=O) groups excluding carboxylic acids is 1. The van der Waals surface area contributed by atoms with Crippen LogP contribution in [-0.4, -0.2) is 23.5 Å². The molecule has 0 aliphatic carbocycles. The average molecular weight is 303 g/mol. The highest BCUT2D eigenvalue weighted by atomic mass is 32.1. The molecular formula is C16H21N3OS. The van der Waals surface area contributed by atoms with Gasteiger partial charge in [0.25, 0.3) is 0 Å². The van der Waals surface area contributed by atoms with Gasteiger partial charge >= 0.3 is 0 Å². The summed E-state index contributed by atoms with van der Waals surface area (Å²) in [6, 6.07) is 8.35. The minimum absolute atomic E-state index is 0.00333. The Bertz CT molecular complexity index is 590. The Morgan fingerprint density at radius 1 is 1.38 bits per heavy atom. The summed E-state index contributed by atoms with van der Waals surface area (Å²) in [6.45, 7) is 4.61. The van der Waals surface area contributed by atoms with Gasteiger partial charge in [-0.25, -0.2) is 4.98 Å². The van der Waals surface area contributed by atoms with Crippen LogP contribution in [0, 0.1) is 6.92 Å². The molecule has 0 bridgehead atoms. The first-order valence-corrected chi connectivity index (χ1v) is 7.96. The smallest absolute Gasteiger partial charge is 0.226 e. The molecule has 1 aromatic heterocycles. The van der Waals surface area contributed by atoms with Crippen molar-refractivity contribution < 1.29 is 4.79 Å². The van der Waals surface area contributed by atoms with Crippen molar-refractivity contribution in [2.45, 2.75) is 32.7 Å². The van der Waals surface area contributed by atoms with E-state index in [-0.39, 0.29) is 11.9 Å². The number of aromatic nitrogens is 1. The van der Waals surface area contributed by atoms with Crippen LogP contribution in [0.1, 0.15) is 24.6 Å². The Morgan fingerprint density at radius 3 is 2.76 bits per heavy atom. The van der Waals surface area contributed by atoms with Gasteiger partial charge in [0.15, 0.2) is 0 Å². The summed E-state index contributed by atoms with van der Waals surface area (Å²) in [6.07, 6.45) is 1.11. The zero-order chi connectivity index (χ0) is 15.2. The third-order valence-electron chi connectivity index (χ3n) is 3.11. The molecule has 0 spiro atoms. The second-order valence-corrected chi connectivity index (χ2v) is 6.16. The molecule has 0 saturated carbocycles. The maximum atomic E-state index is 11.8. The van der Waals surface area contributed by atoms with Crippen molar-refractivity contribution in [3.05, 3.63) is 40.9 Å². The summed E-state index contributed by atoms with van der Waals surface area (Å²) in [4.78, 5) is 16.3. The first-order valence-electron chi connectivity index (χ1n) is 7.08. The van der Waals surface area contributed by atoms with Crippen LogP contribution in [0.15, 0.2) is 29.6 Å². The van der Waals surface area contributed by atoms with Gasteiger partial charge in [-0.05, 0) is 20.3 Å². The van der Waals surface area contributed by atoms with Gasteiger partial charge in [-0.3, -0.25) is 4.79 Å². The summed E-state index contributed by atoms with van der Waals surface area (Å²) in [5.41, 5.74) is 8.78. The van der Waals surface area contributed by atoms with E-state index in [1.807, 2.05) is 12.3 Å². The van der Waals surface area contributed by atoms with Crippen LogP contribution in [-0.2, 0) is 11.2 Å². The third kappa shape index (κ3) is 4.95. The maximum Gasteiger partial charge on any atom is 0.226 e. The lowest BCUT2D eigenvalue weighted by molar-refractivity contribution is -0.120. The lowest BCUT2D eigenvalue weighted by Gasteiger charge is -2.06. The van der Waals surface area contributed by atoms with E-state index in [9.17, 15) is 4.79 Å². The van der Waals surface area contributed by atoms with Crippen LogP contribution in [0.3, 0.4) is 0 Å². The van der Waals surface area contributed by atoms with E-state index in [1.54, 1.807) is 11.3 Å². The predicted octanol–water partition coefficient (Wildman–Crippen LogP) is 2.51. The number of hydrogen-bond acceptors (Lipinski definition) is 4. The van der Waals surface area contributed by atoms with E-state index < -0.39 is 0 Å². The van der Waals surface area contributed by atoms with Gasteiger partial charge < -0.3 is 11.1 Å². The van der Waals surface area contributed by atoms with Crippen molar-refractivity contribution in [1.29, 1.82) is 0 Å². The number of nitrogens with zero attached hydrogens (tertiary/aromatic N) is 1. The van der Waals surface area contributed by atoms with E-state index in [2.05, 4.69) is 41.5 Å². The number of rotatable bonds is 6. The predicted molar refractivity (Wildman–Crippen MR) is 87.3 cm³/mol. The van der Waals surface area contributed by atoms with Crippen LogP contribution < -0.4 is 11.1 Å². The Hall–Kier alpha value is -1.72. The van der Waals surface area contributed by atoms with Crippen LogP contribution in [0.2, 0.25) is 0 Å². The number of amides is 1. The monoisotopic (exact) mass is 303 g/mol. The van der Waals surface area contributed by atoms with Gasteiger partial charge in [0.05, 0.1) is 12.1 Å². The number of nitrogens with two attached hydrogens (primary N) is 1. The van der Waals surface area contributed by atoms with E-state index in [0.717, 1.165) is 22.7 Å². The molecule has 2 aromatic rings. The van der Waals surface area contributed by atoms with E-state index >= 15 is 0 Å². The topological polar surface area (TPSA) is 68.0 Å². The lowest BCUT2D eigenvalue weighted by atomic mass is 10.2. The standard InChI is InChI=1S/C16H21N3OS/c1-11-3-5-13(6-4-11)16-19-14(10-21-16)9-15(20)18-8-7-12(2)17/h3-6,10,12H,7-9,17H2,1-2H3,(H,18,20). The first-order chi connectivity index (χ1) is 10.0. The van der Waals surface area contributed by atoms with Crippen molar-refractivity contribution in [1.82, 2.24) is 10.3 Å². The molecule has 1 heterocycles. The Labute approximate surface area is 129 Å². The van der Waals surface area contributed by atoms with Crippen molar-refractivity contribution in [3.63, 3.8) is 0 Å². The third-order valence-corrected chi connectivity index (χ3v) is 4.05. The molecule has 1 aromatic carbocycles. The van der Waals surface area contributed by atoms with Crippen molar-refractivity contribution >= 4 is 17.2 Å². The van der Waals surface area contributed by atoms with Crippen LogP contribution in [0.25, 0.3) is 10.6 Å². The van der Waals surface area contributed by atoms with Gasteiger partial charge in [-0.2, -0.15) is 0 Å². The molecule has 1 amide bonds. The number of carbonyl (C=O) groups is 1. The molecule has 112 valence electrons. The fourth-order valence-electron chi connectivity index (χ4n) is 1.88. The molecular weight excluding hydrogens is 282 g/mol. The summed E-state index contributed by atoms with van der Waals surface area (Å²) in [5, 5.41) is 5.76. The Kier molecular flexibility index (Phi) is 5.47. The zero-order valence-corrected chi connectivity index (χ0v) is 13.2. The molecule has 0 radical (unpaired) electrons. The fourth-order valence-corrected chi connectivity index (χ4v) is 2.71. The molecule has 0 aliphatic rings. The highest BCUT2D eigenvalue weighted by Crippen LogP contribution is 2.24. The van der Waals surface area contributed by atoms with Crippen LogP contribution in [0.4, 0.5) is 0 Å². The first kappa shape index (κ1) is 15.7. The normalized spacial score (nSPS) is 12.1. The van der Waals surface area contributed by atoms with Gasteiger partial charge in [-0.1, -0.05) is 29.8 Å². The number of aryl methyl sites for hydroxylation is 1. The molecule has 1 atom stereocenters. The van der Waals surface area contributed by atoms with E-state index in [1.165, 1.54) is 5.56 Å². The van der Waals surface area contributed by atoms with Gasteiger partial charge in [0, 0.05) is 23.5 Å². The van der Waals surface area contributed by atoms with Crippen LogP contribution >= 0.6 is 11.3 Å². The van der Waals surface area contributed by atoms with Crippen molar-refractivity contribution in [3.8, 4) is 10.6 Å². The fraction of sp³-hybridized carbons (Fsp3) is 0.375. The van der Waals surface area contributed by atoms with Gasteiger partial charge in [-0.15, -0.1) is 11.3 Å². The number of hydrogen-bond donors (Lipinski definition) is 2. The lowest BCUT2D eigenvalue weighted by Crippen LogP contribution is -2.30. The molecule has 2 rings (SSSR count). The second kappa shape index (κ2) is 7.33. The SMILES string of the molecule is Cc1ccc(-c2nc(CC(=O)NCCC(C)N)cs2)cc1. The molecule has 0 fully saturated rings. The largest absolute Gasteiger partial charge is 0.356 e. The minimum Gasteiger partial charge on any atom is -0.356 e. The number of nitrogens with one attached hydrogen (secondary N) is 1. The molecule has 1 unspecified atom stereocenters. The minimum atomic E-state index is -0.00333. The molecule has 0 saturated heterocycles. The van der Waals surface area contributed by atoms with E-state index in [4.69, 9.17) is 5.73 Å². The average Bonchev–Trinajstić information content (AvgIpc) is 2.87. The molecule has 4 nitrogen and oxygen atoms in total. The summed E-state index contributed by atoms with van der Waals surface area (Å²) in [7, 11) is 0. The molecule has 21 heavy (non-hydrogen) atoms. The Balaban J connectivity index is 1.91. The second-order valence-electron chi connectivity index (χ2n) is 5.30. The van der Waals surface area contributed by atoms with Crippen LogP contribution in [0.5, 0.6) is 0 Å². The molecule has 0 aliphatic heterocycles. The van der Waals surface area contributed by atoms with Gasteiger partial charge in [0.1, 0.15) is 5.01 Å². The van der Waals surface area contributed by atoms with Crippen molar-refractivity contribution in [2.75, 3.05) is 6.54 Å². The number of benzene rings is 1. The summed E-state index contributed by atoms with van der Waals surface area (Å²) in [5.74, 6) is -0.00333. The summed E-state index contributed by atoms with van der Waals surface area (Å²) >= 11 is 1.57. The Morgan fingerprint density at radius 2 is 2.10 bits per heavy atom. The maximum absolute atomic E-state index is 11.8. The highest BCUT2D eigenvalue weighted by Gasteiger charge is 2.09.